The average molecular weight is 209 g/mol. The molecule has 0 spiro atoms. The third kappa shape index (κ3) is 3.72. The molecular formula is C12H16FNO. The molecule has 0 unspecified atom stereocenters. The van der Waals surface area contributed by atoms with Crippen molar-refractivity contribution in [1.82, 2.24) is 0 Å². The number of halogens is 1. The molecule has 82 valence electrons. The minimum atomic E-state index is 0.245. The van der Waals surface area contributed by atoms with Gasteiger partial charge >= 0.3 is 0 Å². The first-order chi connectivity index (χ1) is 7.30. The maximum atomic E-state index is 12.3. The van der Waals surface area contributed by atoms with Gasteiger partial charge in [0.05, 0.1) is 12.9 Å². The summed E-state index contributed by atoms with van der Waals surface area (Å²) in [6.45, 7) is 2.81. The minimum absolute atomic E-state index is 0.245. The normalized spacial score (nSPS) is 11.5. The van der Waals surface area contributed by atoms with Gasteiger partial charge in [0.1, 0.15) is 5.75 Å². The van der Waals surface area contributed by atoms with E-state index in [9.17, 15) is 4.39 Å². The molecule has 0 aliphatic rings. The summed E-state index contributed by atoms with van der Waals surface area (Å²) in [4.78, 5) is 0. The molecule has 0 saturated carbocycles. The maximum Gasteiger partial charge on any atom is 0.119 e. The summed E-state index contributed by atoms with van der Waals surface area (Å²) in [5, 5.41) is 0. The van der Waals surface area contributed by atoms with Crippen molar-refractivity contribution in [1.29, 1.82) is 0 Å². The lowest BCUT2D eigenvalue weighted by molar-refractivity contribution is 0.340. The molecular weight excluding hydrogens is 193 g/mol. The Morgan fingerprint density at radius 1 is 1.53 bits per heavy atom. The molecule has 0 bridgehead atoms. The highest BCUT2D eigenvalue weighted by molar-refractivity contribution is 5.31. The highest BCUT2D eigenvalue weighted by atomic mass is 19.1. The fourth-order valence-electron chi connectivity index (χ4n) is 1.33. The van der Waals surface area contributed by atoms with Crippen LogP contribution >= 0.6 is 0 Å². The summed E-state index contributed by atoms with van der Waals surface area (Å²) in [5.74, 6) is 0.810. The van der Waals surface area contributed by atoms with Crippen LogP contribution in [-0.4, -0.2) is 13.2 Å². The Hall–Kier alpha value is -1.35. The summed E-state index contributed by atoms with van der Waals surface area (Å²) >= 11 is 0. The van der Waals surface area contributed by atoms with E-state index in [1.807, 2.05) is 31.2 Å². The predicted octanol–water partition coefficient (Wildman–Crippen LogP) is 2.44. The Kier molecular flexibility index (Phi) is 4.84. The molecule has 15 heavy (non-hydrogen) atoms. The number of nitrogens with two attached hydrogens (primary N) is 1. The summed E-state index contributed by atoms with van der Waals surface area (Å²) in [5.41, 5.74) is 6.98. The van der Waals surface area contributed by atoms with Crippen LogP contribution in [0.5, 0.6) is 5.75 Å². The van der Waals surface area contributed by atoms with E-state index in [1.54, 1.807) is 0 Å². The summed E-state index contributed by atoms with van der Waals surface area (Å²) < 4.78 is 17.7. The molecule has 0 fully saturated rings. The van der Waals surface area contributed by atoms with E-state index in [1.165, 1.54) is 0 Å². The molecule has 0 aliphatic heterocycles. The van der Waals surface area contributed by atoms with Gasteiger partial charge in [0.15, 0.2) is 0 Å². The fraction of sp³-hybridized carbons (Fsp3) is 0.333. The molecule has 1 aromatic carbocycles. The van der Waals surface area contributed by atoms with Gasteiger partial charge in [-0.25, -0.2) is 4.39 Å². The zero-order valence-electron chi connectivity index (χ0n) is 8.87. The monoisotopic (exact) mass is 209 g/mol. The second-order valence-corrected chi connectivity index (χ2v) is 3.23. The molecule has 0 aliphatic carbocycles. The largest absolute Gasteiger partial charge is 0.494 e. The Labute approximate surface area is 89.6 Å². The third-order valence-corrected chi connectivity index (χ3v) is 2.06. The predicted molar refractivity (Wildman–Crippen MR) is 59.6 cm³/mol. The zero-order valence-corrected chi connectivity index (χ0v) is 8.87. The van der Waals surface area contributed by atoms with E-state index in [-0.39, 0.29) is 6.54 Å². The van der Waals surface area contributed by atoms with Gasteiger partial charge in [-0.3, -0.25) is 0 Å². The number of rotatable bonds is 5. The Bertz CT molecular complexity index is 336. The molecule has 0 radical (unpaired) electrons. The van der Waals surface area contributed by atoms with Crippen LogP contribution in [0.3, 0.4) is 0 Å². The first kappa shape index (κ1) is 11.7. The Morgan fingerprint density at radius 2 is 2.33 bits per heavy atom. The van der Waals surface area contributed by atoms with Crippen LogP contribution in [0.1, 0.15) is 12.5 Å². The molecule has 1 aromatic rings. The van der Waals surface area contributed by atoms with E-state index < -0.39 is 0 Å². The minimum Gasteiger partial charge on any atom is -0.494 e. The fourth-order valence-corrected chi connectivity index (χ4v) is 1.33. The Morgan fingerprint density at radius 3 is 2.93 bits per heavy atom. The van der Waals surface area contributed by atoms with Crippen LogP contribution in [0, 0.1) is 0 Å². The second kappa shape index (κ2) is 6.19. The summed E-state index contributed by atoms with van der Waals surface area (Å²) in [6, 6.07) is 7.62. The zero-order chi connectivity index (χ0) is 11.1. The van der Waals surface area contributed by atoms with E-state index in [0.717, 1.165) is 11.3 Å². The van der Waals surface area contributed by atoms with Crippen molar-refractivity contribution in [3.8, 4) is 5.75 Å². The van der Waals surface area contributed by atoms with E-state index in [4.69, 9.17) is 10.5 Å². The van der Waals surface area contributed by atoms with Crippen LogP contribution in [0.4, 0.5) is 4.39 Å². The van der Waals surface area contributed by atoms with E-state index in [2.05, 4.69) is 0 Å². The molecule has 2 nitrogen and oxygen atoms in total. The first-order valence-electron chi connectivity index (χ1n) is 5.00. The molecule has 0 saturated heterocycles. The smallest absolute Gasteiger partial charge is 0.119 e. The van der Waals surface area contributed by atoms with Crippen LogP contribution < -0.4 is 10.5 Å². The summed E-state index contributed by atoms with van der Waals surface area (Å²) in [6.07, 6.45) is 1.11. The van der Waals surface area contributed by atoms with Crippen molar-refractivity contribution in [2.45, 2.75) is 13.3 Å². The van der Waals surface area contributed by atoms with Crippen LogP contribution in [-0.2, 0) is 6.42 Å². The van der Waals surface area contributed by atoms with Gasteiger partial charge in [0.25, 0.3) is 0 Å². The molecule has 1 rings (SSSR count). The SMILES string of the molecule is CCOc1cccc(C/C(=C\F)CN)c1. The van der Waals surface area contributed by atoms with Crippen molar-refractivity contribution >= 4 is 0 Å². The van der Waals surface area contributed by atoms with Gasteiger partial charge < -0.3 is 10.5 Å². The quantitative estimate of drug-likeness (QED) is 0.808. The van der Waals surface area contributed by atoms with Gasteiger partial charge in [0, 0.05) is 6.54 Å². The average Bonchev–Trinajstić information content (AvgIpc) is 2.27. The van der Waals surface area contributed by atoms with Gasteiger partial charge in [-0.1, -0.05) is 12.1 Å². The number of hydrogen-bond donors (Lipinski definition) is 1. The number of hydrogen-bond acceptors (Lipinski definition) is 2. The van der Waals surface area contributed by atoms with Crippen molar-refractivity contribution in [2.24, 2.45) is 5.73 Å². The third-order valence-electron chi connectivity index (χ3n) is 2.06. The van der Waals surface area contributed by atoms with Crippen molar-refractivity contribution < 1.29 is 9.13 Å². The topological polar surface area (TPSA) is 35.2 Å². The molecule has 0 atom stereocenters. The number of benzene rings is 1. The van der Waals surface area contributed by atoms with Crippen LogP contribution in [0.25, 0.3) is 0 Å². The van der Waals surface area contributed by atoms with Gasteiger partial charge in [-0.2, -0.15) is 0 Å². The highest BCUT2D eigenvalue weighted by Crippen LogP contribution is 2.15. The van der Waals surface area contributed by atoms with Crippen LogP contribution in [0.2, 0.25) is 0 Å². The standard InChI is InChI=1S/C12H16FNO/c1-2-15-12-5-3-4-10(7-12)6-11(8-13)9-14/h3-5,7-8H,2,6,9,14H2,1H3/b11-8+. The van der Waals surface area contributed by atoms with Crippen molar-refractivity contribution in [2.75, 3.05) is 13.2 Å². The van der Waals surface area contributed by atoms with Gasteiger partial charge in [-0.15, -0.1) is 0 Å². The molecule has 0 amide bonds. The van der Waals surface area contributed by atoms with Gasteiger partial charge in [0.2, 0.25) is 0 Å². The maximum absolute atomic E-state index is 12.3. The number of ether oxygens (including phenoxy) is 1. The first-order valence-corrected chi connectivity index (χ1v) is 5.00. The molecule has 0 aromatic heterocycles. The lowest BCUT2D eigenvalue weighted by atomic mass is 10.1. The lowest BCUT2D eigenvalue weighted by Gasteiger charge is -2.06. The van der Waals surface area contributed by atoms with Crippen molar-refractivity contribution in [3.05, 3.63) is 41.7 Å². The Balaban J connectivity index is 2.72. The second-order valence-electron chi connectivity index (χ2n) is 3.23. The highest BCUT2D eigenvalue weighted by Gasteiger charge is 2.00. The van der Waals surface area contributed by atoms with E-state index in [0.29, 0.717) is 24.9 Å². The lowest BCUT2D eigenvalue weighted by Crippen LogP contribution is -2.05. The molecule has 0 heterocycles. The molecule has 3 heteroatoms. The molecule has 2 N–H and O–H groups in total. The summed E-state index contributed by atoms with van der Waals surface area (Å²) in [7, 11) is 0. The van der Waals surface area contributed by atoms with Gasteiger partial charge in [-0.05, 0) is 36.6 Å². The van der Waals surface area contributed by atoms with Crippen LogP contribution in [0.15, 0.2) is 36.2 Å². The van der Waals surface area contributed by atoms with Crippen molar-refractivity contribution in [3.63, 3.8) is 0 Å². The van der Waals surface area contributed by atoms with E-state index >= 15 is 0 Å².